The molecular formula is C20H28F3N3O5S. The standard InChI is InChI=1S/C20H28F3N3O5S/c21-20(22,23)12-1-4-14(5-2-12)32(30,31)25-13-3-6-15-11(9-13)10-26(19(15)29)16-7-8-17(27)24-18(16)28/h11-16,25H,1-10H2,(H,24,27,28). The van der Waals surface area contributed by atoms with Crippen molar-refractivity contribution in [2.45, 2.75) is 81.3 Å². The van der Waals surface area contributed by atoms with Crippen LogP contribution in [0, 0.1) is 17.8 Å². The van der Waals surface area contributed by atoms with E-state index in [1.807, 2.05) is 0 Å². The zero-order valence-electron chi connectivity index (χ0n) is 17.6. The van der Waals surface area contributed by atoms with Crippen LogP contribution in [0.3, 0.4) is 0 Å². The molecule has 0 aromatic rings. The monoisotopic (exact) mass is 479 g/mol. The summed E-state index contributed by atoms with van der Waals surface area (Å²) in [4.78, 5) is 37.9. The quantitative estimate of drug-likeness (QED) is 0.593. The van der Waals surface area contributed by atoms with Crippen molar-refractivity contribution in [1.29, 1.82) is 0 Å². The van der Waals surface area contributed by atoms with Gasteiger partial charge in [0, 0.05) is 24.9 Å². The second kappa shape index (κ2) is 8.58. The van der Waals surface area contributed by atoms with E-state index in [9.17, 15) is 36.0 Å². The number of hydrogen-bond donors (Lipinski definition) is 2. The smallest absolute Gasteiger partial charge is 0.330 e. The molecule has 0 spiro atoms. The highest BCUT2D eigenvalue weighted by atomic mass is 32.2. The van der Waals surface area contributed by atoms with Crippen LogP contribution in [0.5, 0.6) is 0 Å². The number of imide groups is 1. The van der Waals surface area contributed by atoms with Crippen molar-refractivity contribution < 1.29 is 36.0 Å². The average molecular weight is 480 g/mol. The van der Waals surface area contributed by atoms with E-state index in [1.54, 1.807) is 0 Å². The number of sulfonamides is 1. The van der Waals surface area contributed by atoms with Crippen LogP contribution < -0.4 is 10.0 Å². The van der Waals surface area contributed by atoms with E-state index in [0.717, 1.165) is 0 Å². The molecule has 2 aliphatic carbocycles. The van der Waals surface area contributed by atoms with E-state index >= 15 is 0 Å². The Hall–Kier alpha value is -1.69. The highest BCUT2D eigenvalue weighted by molar-refractivity contribution is 7.90. The van der Waals surface area contributed by atoms with Crippen LogP contribution in [0.15, 0.2) is 0 Å². The van der Waals surface area contributed by atoms with Gasteiger partial charge in [0.15, 0.2) is 0 Å². The van der Waals surface area contributed by atoms with E-state index in [-0.39, 0.29) is 68.2 Å². The summed E-state index contributed by atoms with van der Waals surface area (Å²) >= 11 is 0. The van der Waals surface area contributed by atoms with Crippen LogP contribution >= 0.6 is 0 Å². The van der Waals surface area contributed by atoms with E-state index in [0.29, 0.717) is 25.8 Å². The van der Waals surface area contributed by atoms with Gasteiger partial charge in [0.25, 0.3) is 0 Å². The molecule has 12 heteroatoms. The second-order valence-corrected chi connectivity index (χ2v) is 11.5. The summed E-state index contributed by atoms with van der Waals surface area (Å²) in [6.07, 6.45) is -2.82. The Labute approximate surface area is 184 Å². The topological polar surface area (TPSA) is 113 Å². The number of piperidine rings is 1. The number of amides is 3. The summed E-state index contributed by atoms with van der Waals surface area (Å²) in [5.74, 6) is -2.77. The Morgan fingerprint density at radius 2 is 1.66 bits per heavy atom. The van der Waals surface area contributed by atoms with Gasteiger partial charge in [-0.15, -0.1) is 0 Å². The van der Waals surface area contributed by atoms with E-state index < -0.39 is 39.3 Å². The predicted octanol–water partition coefficient (Wildman–Crippen LogP) is 1.46. The molecule has 0 aromatic heterocycles. The molecule has 0 radical (unpaired) electrons. The SMILES string of the molecule is O=C1CCC(N2CC3CC(NS(=O)(=O)C4CCC(C(F)(F)F)CC4)CCC3C2=O)C(=O)N1. The minimum Gasteiger partial charge on any atom is -0.330 e. The summed E-state index contributed by atoms with van der Waals surface area (Å²) in [5, 5.41) is 1.43. The fourth-order valence-electron chi connectivity index (χ4n) is 5.74. The number of hydrogen-bond acceptors (Lipinski definition) is 5. The molecule has 0 bridgehead atoms. The summed E-state index contributed by atoms with van der Waals surface area (Å²) in [6, 6.07) is -1.05. The molecule has 180 valence electrons. The first kappa shape index (κ1) is 23.5. The molecule has 2 saturated heterocycles. The number of carbonyl (C=O) groups is 3. The molecule has 4 aliphatic rings. The van der Waals surface area contributed by atoms with Crippen LogP contribution in [0.4, 0.5) is 13.2 Å². The van der Waals surface area contributed by atoms with Gasteiger partial charge in [0.2, 0.25) is 27.7 Å². The molecule has 2 heterocycles. The third-order valence-electron chi connectivity index (χ3n) is 7.51. The number of carbonyl (C=O) groups excluding carboxylic acids is 3. The average Bonchev–Trinajstić information content (AvgIpc) is 3.03. The van der Waals surface area contributed by atoms with Crippen molar-refractivity contribution in [2.24, 2.45) is 17.8 Å². The maximum atomic E-state index is 12.9. The van der Waals surface area contributed by atoms with Gasteiger partial charge in [0.05, 0.1) is 11.2 Å². The molecule has 0 aromatic carbocycles. The number of nitrogens with one attached hydrogen (secondary N) is 2. The number of nitrogens with zero attached hydrogens (tertiary/aromatic N) is 1. The van der Waals surface area contributed by atoms with Gasteiger partial charge in [-0.2, -0.15) is 13.2 Å². The number of halogens is 3. The van der Waals surface area contributed by atoms with E-state index in [2.05, 4.69) is 10.0 Å². The lowest BCUT2D eigenvalue weighted by molar-refractivity contribution is -0.181. The number of alkyl halides is 3. The fraction of sp³-hybridized carbons (Fsp3) is 0.850. The van der Waals surface area contributed by atoms with Crippen molar-refractivity contribution >= 4 is 27.7 Å². The first-order valence-electron chi connectivity index (χ1n) is 11.2. The molecule has 4 atom stereocenters. The van der Waals surface area contributed by atoms with Gasteiger partial charge in [0.1, 0.15) is 6.04 Å². The van der Waals surface area contributed by atoms with Crippen molar-refractivity contribution in [1.82, 2.24) is 14.9 Å². The maximum Gasteiger partial charge on any atom is 0.391 e. The molecule has 32 heavy (non-hydrogen) atoms. The minimum atomic E-state index is -4.29. The number of fused-ring (bicyclic) bond motifs is 1. The van der Waals surface area contributed by atoms with Gasteiger partial charge in [-0.1, -0.05) is 0 Å². The Morgan fingerprint density at radius 1 is 0.969 bits per heavy atom. The largest absolute Gasteiger partial charge is 0.391 e. The first-order valence-corrected chi connectivity index (χ1v) is 12.7. The molecule has 2 aliphatic heterocycles. The van der Waals surface area contributed by atoms with Gasteiger partial charge in [-0.3, -0.25) is 19.7 Å². The Bertz CT molecular complexity index is 885. The van der Waals surface area contributed by atoms with Crippen LogP contribution in [-0.4, -0.2) is 61.1 Å². The summed E-state index contributed by atoms with van der Waals surface area (Å²) in [6.45, 7) is 0.338. The van der Waals surface area contributed by atoms with Crippen molar-refractivity contribution in [3.8, 4) is 0 Å². The van der Waals surface area contributed by atoms with E-state index in [4.69, 9.17) is 0 Å². The van der Waals surface area contributed by atoms with Gasteiger partial charge >= 0.3 is 6.18 Å². The Kier molecular flexibility index (Phi) is 6.30. The van der Waals surface area contributed by atoms with Crippen LogP contribution in [0.25, 0.3) is 0 Å². The third kappa shape index (κ3) is 4.66. The van der Waals surface area contributed by atoms with Gasteiger partial charge in [-0.05, 0) is 57.3 Å². The summed E-state index contributed by atoms with van der Waals surface area (Å²) in [7, 11) is -3.76. The minimum absolute atomic E-state index is 0.0138. The van der Waals surface area contributed by atoms with E-state index in [1.165, 1.54) is 4.90 Å². The highest BCUT2D eigenvalue weighted by Crippen LogP contribution is 2.41. The van der Waals surface area contributed by atoms with Crippen molar-refractivity contribution in [3.63, 3.8) is 0 Å². The highest BCUT2D eigenvalue weighted by Gasteiger charge is 2.49. The molecule has 4 unspecified atom stereocenters. The van der Waals surface area contributed by atoms with Crippen LogP contribution in [0.2, 0.25) is 0 Å². The normalized spacial score (nSPS) is 36.7. The molecule has 8 nitrogen and oxygen atoms in total. The molecular weight excluding hydrogens is 451 g/mol. The lowest BCUT2D eigenvalue weighted by Gasteiger charge is -2.33. The maximum absolute atomic E-state index is 12.9. The second-order valence-electron chi connectivity index (χ2n) is 9.51. The lowest BCUT2D eigenvalue weighted by atomic mass is 9.79. The zero-order valence-corrected chi connectivity index (χ0v) is 18.4. The summed E-state index contributed by atoms with van der Waals surface area (Å²) in [5.41, 5.74) is 0. The number of rotatable bonds is 4. The summed E-state index contributed by atoms with van der Waals surface area (Å²) < 4.78 is 66.9. The van der Waals surface area contributed by atoms with Crippen LogP contribution in [0.1, 0.15) is 57.8 Å². The molecule has 4 fully saturated rings. The third-order valence-corrected chi connectivity index (χ3v) is 9.52. The Morgan fingerprint density at radius 3 is 2.28 bits per heavy atom. The lowest BCUT2D eigenvalue weighted by Crippen LogP contribution is -2.53. The molecule has 3 amide bonds. The van der Waals surface area contributed by atoms with Crippen molar-refractivity contribution in [2.75, 3.05) is 6.54 Å². The molecule has 2 N–H and O–H groups in total. The van der Waals surface area contributed by atoms with Crippen LogP contribution in [-0.2, 0) is 24.4 Å². The zero-order chi connectivity index (χ0) is 23.3. The fourth-order valence-corrected chi connectivity index (χ4v) is 7.51. The first-order chi connectivity index (χ1) is 15.0. The molecule has 2 saturated carbocycles. The van der Waals surface area contributed by atoms with Gasteiger partial charge in [-0.25, -0.2) is 13.1 Å². The van der Waals surface area contributed by atoms with Crippen molar-refractivity contribution in [3.05, 3.63) is 0 Å². The van der Waals surface area contributed by atoms with Gasteiger partial charge < -0.3 is 4.90 Å². The predicted molar refractivity (Wildman–Crippen MR) is 106 cm³/mol. The number of likely N-dealkylation sites (tertiary alicyclic amines) is 1. The molecule has 4 rings (SSSR count). The Balaban J connectivity index is 1.34.